The number of hydrogen-bond donors (Lipinski definition) is 0. The first-order valence-electron chi connectivity index (χ1n) is 18.5. The number of hydrogen-bond acceptors (Lipinski definition) is 4. The van der Waals surface area contributed by atoms with Crippen LogP contribution < -0.4 is 0 Å². The Morgan fingerprint density at radius 3 is 0.952 bits per heavy atom. The number of unbranched alkanes of at least 4 members (excludes halogenated alkanes) is 1. The van der Waals surface area contributed by atoms with Crippen molar-refractivity contribution in [2.45, 2.75) is 168 Å². The van der Waals surface area contributed by atoms with Gasteiger partial charge < -0.3 is 0 Å². The summed E-state index contributed by atoms with van der Waals surface area (Å²) in [6.07, 6.45) is 25.0. The molecule has 8 aliphatic carbocycles. The van der Waals surface area contributed by atoms with Gasteiger partial charge in [0, 0.05) is 0 Å². The molecule has 42 heavy (non-hydrogen) atoms. The van der Waals surface area contributed by atoms with E-state index in [-0.39, 0.29) is 14.9 Å². The van der Waals surface area contributed by atoms with Gasteiger partial charge in [-0.1, -0.05) is 0 Å². The summed E-state index contributed by atoms with van der Waals surface area (Å²) >= 11 is -5.32. The first-order chi connectivity index (χ1) is 20.2. The Kier molecular flexibility index (Phi) is 5.98. The van der Waals surface area contributed by atoms with Crippen LogP contribution in [0.5, 0.6) is 0 Å². The Bertz CT molecular complexity index is 1060. The summed E-state index contributed by atoms with van der Waals surface area (Å²) in [6, 6.07) is 0. The van der Waals surface area contributed by atoms with Crippen LogP contribution in [0, 0.1) is 23.7 Å². The molecule has 8 saturated carbocycles. The van der Waals surface area contributed by atoms with Crippen LogP contribution in [-0.2, 0) is 42.1 Å². The molecule has 0 aliphatic heterocycles. The fourth-order valence-electron chi connectivity index (χ4n) is 20.0. The van der Waals surface area contributed by atoms with E-state index in [9.17, 15) is 0 Å². The SMILES string of the molecule is CCC[CH2][Ti]([CH]=O)([CH]=O)([CH]=O)([CH]=O)[Ti]([C]12CCC(CC1)C2)([C]12CCC(CC1)C2)([C]12CCC(CC1)C2)[C]12CCC(CC1)C2. The first kappa shape index (κ1) is 29.5. The van der Waals surface area contributed by atoms with Crippen molar-refractivity contribution in [1.82, 2.24) is 0 Å². The molecule has 0 unspecified atom stereocenters. The number of carbonyl (C=O) groups is 4. The number of carbonyl (C=O) groups excluding carboxylic acids is 4. The van der Waals surface area contributed by atoms with Crippen molar-refractivity contribution in [2.24, 2.45) is 23.7 Å². The van der Waals surface area contributed by atoms with E-state index in [0.29, 0.717) is 34.8 Å². The zero-order chi connectivity index (χ0) is 29.3. The van der Waals surface area contributed by atoms with Gasteiger partial charge in [0.2, 0.25) is 0 Å². The normalized spacial score (nSPS) is 47.7. The molecule has 0 aromatic heterocycles. The molecular weight excluding hydrogens is 592 g/mol. The molecule has 8 rings (SSSR count). The summed E-state index contributed by atoms with van der Waals surface area (Å²) < 4.78 is 4.66. The van der Waals surface area contributed by atoms with Crippen LogP contribution in [0.25, 0.3) is 0 Å². The zero-order valence-electron chi connectivity index (χ0n) is 26.5. The summed E-state index contributed by atoms with van der Waals surface area (Å²) in [7, 11) is -6.69. The van der Waals surface area contributed by atoms with E-state index in [0.717, 1.165) is 102 Å². The van der Waals surface area contributed by atoms with Crippen molar-refractivity contribution in [1.29, 1.82) is 0 Å². The molecule has 233 valence electrons. The summed E-state index contributed by atoms with van der Waals surface area (Å²) in [6.45, 7) is 2.15. The average molecular weight is 650 g/mol. The summed E-state index contributed by atoms with van der Waals surface area (Å²) in [5, 5.41) is 0. The van der Waals surface area contributed by atoms with Crippen molar-refractivity contribution in [3.05, 3.63) is 0 Å². The van der Waals surface area contributed by atoms with Crippen LogP contribution in [0.2, 0.25) is 19.6 Å². The fourth-order valence-corrected chi connectivity index (χ4v) is 119. The standard InChI is InChI=1S/4C7H11.C4H9.4CHO.2Ti/c4*1-2-7-4-3-6(1)5-7;1-3-4-2;4*1-2;;/h4*6H,1-5H2;1,3-4H2,2H3;4*1H;;. The van der Waals surface area contributed by atoms with E-state index in [1.807, 2.05) is 0 Å². The van der Waals surface area contributed by atoms with Gasteiger partial charge in [-0.2, -0.15) is 0 Å². The van der Waals surface area contributed by atoms with E-state index in [4.69, 9.17) is 0 Å². The van der Waals surface area contributed by atoms with E-state index in [1.165, 1.54) is 51.4 Å². The molecule has 8 bridgehead atoms. The molecule has 0 spiro atoms. The van der Waals surface area contributed by atoms with Crippen LogP contribution in [-0.4, -0.2) is 18.4 Å². The van der Waals surface area contributed by atoms with Gasteiger partial charge in [-0.05, 0) is 0 Å². The fraction of sp³-hybridized carbons (Fsp3) is 0.889. The van der Waals surface area contributed by atoms with Crippen LogP contribution >= 0.6 is 0 Å². The minimum atomic E-state index is -6.69. The Labute approximate surface area is 250 Å². The van der Waals surface area contributed by atoms with Crippen molar-refractivity contribution < 1.29 is 42.1 Å². The second kappa shape index (κ2) is 8.52. The van der Waals surface area contributed by atoms with Crippen molar-refractivity contribution in [2.75, 3.05) is 0 Å². The van der Waals surface area contributed by atoms with Gasteiger partial charge in [0.15, 0.2) is 0 Å². The van der Waals surface area contributed by atoms with Gasteiger partial charge >= 0.3 is 252 Å². The van der Waals surface area contributed by atoms with Crippen LogP contribution in [0.3, 0.4) is 0 Å². The zero-order valence-corrected chi connectivity index (χ0v) is 29.6. The predicted molar refractivity (Wildman–Crippen MR) is 164 cm³/mol. The second-order valence-electron chi connectivity index (χ2n) is 19.1. The average Bonchev–Trinajstić information content (AvgIpc) is 3.91. The molecule has 6 heteroatoms. The molecule has 0 saturated heterocycles. The molecule has 4 nitrogen and oxygen atoms in total. The summed E-state index contributed by atoms with van der Waals surface area (Å²) in [4.78, 5) is 61.1. The molecule has 0 heterocycles. The predicted octanol–water partition coefficient (Wildman–Crippen LogP) is 9.81. The molecule has 8 fully saturated rings. The third-order valence-corrected chi connectivity index (χ3v) is 86.5. The summed E-state index contributed by atoms with van der Waals surface area (Å²) in [5.41, 5.74) is 0. The maximum atomic E-state index is 15.3. The molecule has 0 amide bonds. The molecule has 0 radical (unpaired) electrons. The molecule has 0 aromatic carbocycles. The molecule has 8 aliphatic rings. The Morgan fingerprint density at radius 2 is 0.786 bits per heavy atom. The van der Waals surface area contributed by atoms with E-state index in [2.05, 4.69) is 6.92 Å². The Hall–Kier alpha value is 0.109. The van der Waals surface area contributed by atoms with Crippen LogP contribution in [0.15, 0.2) is 0 Å². The molecule has 0 aromatic rings. The van der Waals surface area contributed by atoms with Gasteiger partial charge in [0.1, 0.15) is 0 Å². The molecule has 0 atom stereocenters. The van der Waals surface area contributed by atoms with Gasteiger partial charge in [0.25, 0.3) is 0 Å². The summed E-state index contributed by atoms with van der Waals surface area (Å²) in [5.74, 6) is 2.69. The number of fused-ring (bicyclic) bond motifs is 8. The Morgan fingerprint density at radius 1 is 0.524 bits per heavy atom. The van der Waals surface area contributed by atoms with Gasteiger partial charge in [-0.15, -0.1) is 0 Å². The van der Waals surface area contributed by atoms with Crippen LogP contribution in [0.4, 0.5) is 0 Å². The monoisotopic (exact) mass is 649 g/mol. The van der Waals surface area contributed by atoms with Crippen molar-refractivity contribution in [3.8, 4) is 0 Å². The molecular formula is C36H57O4Ti2. The van der Waals surface area contributed by atoms with Gasteiger partial charge in [0.05, 0.1) is 0 Å². The van der Waals surface area contributed by atoms with Crippen molar-refractivity contribution >= 4 is 18.4 Å². The van der Waals surface area contributed by atoms with E-state index < -0.39 is 22.9 Å². The Balaban J connectivity index is 1.73. The maximum absolute atomic E-state index is 15.3. The van der Waals surface area contributed by atoms with Gasteiger partial charge in [-0.25, -0.2) is 0 Å². The third-order valence-electron chi connectivity index (χ3n) is 19.3. The second-order valence-corrected chi connectivity index (χ2v) is 56.1. The van der Waals surface area contributed by atoms with Crippen molar-refractivity contribution in [3.63, 3.8) is 0 Å². The quantitative estimate of drug-likeness (QED) is 0.156. The van der Waals surface area contributed by atoms with Crippen LogP contribution in [0.1, 0.15) is 148 Å². The van der Waals surface area contributed by atoms with E-state index in [1.54, 1.807) is 0 Å². The molecule has 0 N–H and O–H groups in total. The number of rotatable bonds is 12. The minimum absolute atomic E-state index is 0.0540. The topological polar surface area (TPSA) is 68.3 Å². The first-order valence-corrected chi connectivity index (χ1v) is 30.4. The van der Waals surface area contributed by atoms with E-state index >= 15 is 19.2 Å². The third kappa shape index (κ3) is 2.31. The van der Waals surface area contributed by atoms with Gasteiger partial charge in [-0.3, -0.25) is 0 Å².